The number of ether oxygens (including phenoxy) is 2. The molecule has 23 heavy (non-hydrogen) atoms. The molecule has 2 N–H and O–H groups in total. The molecule has 3 heteroatoms. The van der Waals surface area contributed by atoms with Crippen molar-refractivity contribution in [2.24, 2.45) is 5.73 Å². The Hall–Kier alpha value is -2.00. The van der Waals surface area contributed by atoms with Crippen molar-refractivity contribution in [1.29, 1.82) is 0 Å². The van der Waals surface area contributed by atoms with Crippen LogP contribution in [0, 0.1) is 13.8 Å². The standard InChI is InChI=1S/C20H27NO2/c1-15-9-10-20(12-16(15)2)23-11-5-7-18(14-21)17-6-4-8-19(13-17)22-3/h4,6,8-10,12-13,18H,5,7,11,14,21H2,1-3H3. The molecule has 1 atom stereocenters. The van der Waals surface area contributed by atoms with E-state index in [2.05, 4.69) is 38.1 Å². The second kappa shape index (κ2) is 8.59. The minimum atomic E-state index is 0.341. The van der Waals surface area contributed by atoms with Crippen LogP contribution in [0.2, 0.25) is 0 Å². The van der Waals surface area contributed by atoms with Crippen LogP contribution in [-0.2, 0) is 0 Å². The molecule has 1 unspecified atom stereocenters. The van der Waals surface area contributed by atoms with E-state index in [-0.39, 0.29) is 0 Å². The van der Waals surface area contributed by atoms with Gasteiger partial charge < -0.3 is 15.2 Å². The molecule has 0 amide bonds. The molecule has 0 aliphatic rings. The van der Waals surface area contributed by atoms with E-state index in [4.69, 9.17) is 15.2 Å². The fourth-order valence-corrected chi connectivity index (χ4v) is 2.64. The summed E-state index contributed by atoms with van der Waals surface area (Å²) in [5.74, 6) is 2.17. The first-order valence-electron chi connectivity index (χ1n) is 8.18. The quantitative estimate of drug-likeness (QED) is 0.742. The van der Waals surface area contributed by atoms with Crippen LogP contribution in [0.3, 0.4) is 0 Å². The zero-order valence-corrected chi connectivity index (χ0v) is 14.3. The summed E-state index contributed by atoms with van der Waals surface area (Å²) in [5.41, 5.74) is 9.73. The normalized spacial score (nSPS) is 12.0. The molecular formula is C20H27NO2. The van der Waals surface area contributed by atoms with Crippen LogP contribution in [0.1, 0.15) is 35.4 Å². The molecule has 0 aliphatic carbocycles. The predicted molar refractivity (Wildman–Crippen MR) is 95.4 cm³/mol. The Bertz CT molecular complexity index is 625. The van der Waals surface area contributed by atoms with E-state index in [1.54, 1.807) is 7.11 Å². The zero-order chi connectivity index (χ0) is 16.7. The molecule has 0 spiro atoms. The van der Waals surface area contributed by atoms with Crippen LogP contribution in [0.5, 0.6) is 11.5 Å². The Balaban J connectivity index is 1.84. The van der Waals surface area contributed by atoms with Crippen molar-refractivity contribution in [2.45, 2.75) is 32.6 Å². The first-order valence-corrected chi connectivity index (χ1v) is 8.18. The zero-order valence-electron chi connectivity index (χ0n) is 14.3. The lowest BCUT2D eigenvalue weighted by Gasteiger charge is -2.16. The molecule has 0 fully saturated rings. The highest BCUT2D eigenvalue weighted by Gasteiger charge is 2.10. The predicted octanol–water partition coefficient (Wildman–Crippen LogP) is 4.21. The molecule has 0 aliphatic heterocycles. The highest BCUT2D eigenvalue weighted by molar-refractivity contribution is 5.34. The van der Waals surface area contributed by atoms with Crippen molar-refractivity contribution in [3.63, 3.8) is 0 Å². The van der Waals surface area contributed by atoms with Gasteiger partial charge in [0.2, 0.25) is 0 Å². The summed E-state index contributed by atoms with van der Waals surface area (Å²) in [6, 6.07) is 14.4. The summed E-state index contributed by atoms with van der Waals surface area (Å²) < 4.78 is 11.1. The largest absolute Gasteiger partial charge is 0.497 e. The Kier molecular flexibility index (Phi) is 6.48. The molecule has 3 nitrogen and oxygen atoms in total. The van der Waals surface area contributed by atoms with Gasteiger partial charge in [-0.05, 0) is 80.1 Å². The lowest BCUT2D eigenvalue weighted by Crippen LogP contribution is -2.14. The average Bonchev–Trinajstić information content (AvgIpc) is 2.58. The van der Waals surface area contributed by atoms with Crippen molar-refractivity contribution >= 4 is 0 Å². The minimum absolute atomic E-state index is 0.341. The van der Waals surface area contributed by atoms with Crippen LogP contribution in [0.4, 0.5) is 0 Å². The van der Waals surface area contributed by atoms with Gasteiger partial charge in [0, 0.05) is 0 Å². The number of benzene rings is 2. The van der Waals surface area contributed by atoms with Crippen LogP contribution >= 0.6 is 0 Å². The summed E-state index contributed by atoms with van der Waals surface area (Å²) in [6.07, 6.45) is 1.99. The summed E-state index contributed by atoms with van der Waals surface area (Å²) in [5, 5.41) is 0. The number of rotatable bonds is 8. The molecule has 0 bridgehead atoms. The summed E-state index contributed by atoms with van der Waals surface area (Å²) >= 11 is 0. The van der Waals surface area contributed by atoms with Gasteiger partial charge in [0.25, 0.3) is 0 Å². The van der Waals surface area contributed by atoms with Crippen molar-refractivity contribution < 1.29 is 9.47 Å². The van der Waals surface area contributed by atoms with Gasteiger partial charge in [0.05, 0.1) is 13.7 Å². The topological polar surface area (TPSA) is 44.5 Å². The van der Waals surface area contributed by atoms with Crippen molar-refractivity contribution in [2.75, 3.05) is 20.3 Å². The fourth-order valence-electron chi connectivity index (χ4n) is 2.64. The fraction of sp³-hybridized carbons (Fsp3) is 0.400. The summed E-state index contributed by atoms with van der Waals surface area (Å²) in [7, 11) is 1.69. The number of hydrogen-bond acceptors (Lipinski definition) is 3. The third-order valence-electron chi connectivity index (χ3n) is 4.29. The number of aryl methyl sites for hydroxylation is 2. The maximum atomic E-state index is 5.94. The maximum Gasteiger partial charge on any atom is 0.119 e. The molecule has 0 radical (unpaired) electrons. The van der Waals surface area contributed by atoms with Crippen molar-refractivity contribution in [3.8, 4) is 11.5 Å². The SMILES string of the molecule is COc1cccc(C(CN)CCCOc2ccc(C)c(C)c2)c1. The van der Waals surface area contributed by atoms with Crippen LogP contribution in [-0.4, -0.2) is 20.3 Å². The Labute approximate surface area is 139 Å². The number of hydrogen-bond donors (Lipinski definition) is 1. The van der Waals surface area contributed by atoms with Gasteiger partial charge in [-0.1, -0.05) is 18.2 Å². The van der Waals surface area contributed by atoms with Crippen molar-refractivity contribution in [1.82, 2.24) is 0 Å². The minimum Gasteiger partial charge on any atom is -0.497 e. The smallest absolute Gasteiger partial charge is 0.119 e. The Morgan fingerprint density at radius 2 is 1.83 bits per heavy atom. The highest BCUT2D eigenvalue weighted by Crippen LogP contribution is 2.24. The molecule has 0 heterocycles. The Morgan fingerprint density at radius 1 is 1.00 bits per heavy atom. The van der Waals surface area contributed by atoms with E-state index in [9.17, 15) is 0 Å². The molecule has 2 aromatic carbocycles. The van der Waals surface area contributed by atoms with Gasteiger partial charge in [-0.3, -0.25) is 0 Å². The first-order chi connectivity index (χ1) is 11.1. The second-order valence-electron chi connectivity index (χ2n) is 5.95. The second-order valence-corrected chi connectivity index (χ2v) is 5.95. The molecule has 124 valence electrons. The van der Waals surface area contributed by atoms with E-state index in [0.717, 1.165) is 24.3 Å². The van der Waals surface area contributed by atoms with E-state index in [0.29, 0.717) is 19.1 Å². The van der Waals surface area contributed by atoms with Crippen molar-refractivity contribution in [3.05, 3.63) is 59.2 Å². The maximum absolute atomic E-state index is 5.94. The van der Waals surface area contributed by atoms with E-state index >= 15 is 0 Å². The lowest BCUT2D eigenvalue weighted by atomic mass is 9.94. The average molecular weight is 313 g/mol. The summed E-state index contributed by atoms with van der Waals surface area (Å²) in [4.78, 5) is 0. The van der Waals surface area contributed by atoms with Gasteiger partial charge in [-0.15, -0.1) is 0 Å². The molecule has 2 aromatic rings. The molecule has 0 aromatic heterocycles. The lowest BCUT2D eigenvalue weighted by molar-refractivity contribution is 0.301. The molecule has 0 saturated heterocycles. The monoisotopic (exact) mass is 313 g/mol. The first kappa shape index (κ1) is 17.4. The van der Waals surface area contributed by atoms with Crippen LogP contribution in [0.15, 0.2) is 42.5 Å². The third kappa shape index (κ3) is 5.00. The highest BCUT2D eigenvalue weighted by atomic mass is 16.5. The van der Waals surface area contributed by atoms with Gasteiger partial charge in [0.1, 0.15) is 11.5 Å². The number of nitrogens with two attached hydrogens (primary N) is 1. The number of methoxy groups -OCH3 is 1. The van der Waals surface area contributed by atoms with E-state index in [1.807, 2.05) is 18.2 Å². The Morgan fingerprint density at radius 3 is 2.52 bits per heavy atom. The van der Waals surface area contributed by atoms with Gasteiger partial charge >= 0.3 is 0 Å². The van der Waals surface area contributed by atoms with Gasteiger partial charge in [0.15, 0.2) is 0 Å². The third-order valence-corrected chi connectivity index (χ3v) is 4.29. The van der Waals surface area contributed by atoms with Gasteiger partial charge in [-0.2, -0.15) is 0 Å². The molecular weight excluding hydrogens is 286 g/mol. The summed E-state index contributed by atoms with van der Waals surface area (Å²) in [6.45, 7) is 5.56. The van der Waals surface area contributed by atoms with Gasteiger partial charge in [-0.25, -0.2) is 0 Å². The van der Waals surface area contributed by atoms with Crippen LogP contribution < -0.4 is 15.2 Å². The van der Waals surface area contributed by atoms with E-state index in [1.165, 1.54) is 16.7 Å². The van der Waals surface area contributed by atoms with Crippen LogP contribution in [0.25, 0.3) is 0 Å². The molecule has 0 saturated carbocycles. The van der Waals surface area contributed by atoms with E-state index < -0.39 is 0 Å². The molecule has 2 rings (SSSR count).